The van der Waals surface area contributed by atoms with Crippen molar-refractivity contribution in [2.24, 2.45) is 0 Å². The maximum Gasteiger partial charge on any atom is 0.326 e. The maximum atomic E-state index is 12.8. The average molecular weight is 390 g/mol. The molecular weight excluding hydrogens is 368 g/mol. The zero-order valence-electron chi connectivity index (χ0n) is 16.0. The van der Waals surface area contributed by atoms with E-state index in [1.54, 1.807) is 6.20 Å². The largest absolute Gasteiger partial charge is 0.480 e. The van der Waals surface area contributed by atoms with E-state index in [0.29, 0.717) is 37.5 Å². The number of fused-ring (bicyclic) bond motifs is 1. The molecule has 0 aliphatic carbocycles. The number of oxazole rings is 1. The van der Waals surface area contributed by atoms with Gasteiger partial charge in [0.15, 0.2) is 11.7 Å². The molecule has 1 aliphatic rings. The molecule has 3 aromatic rings. The van der Waals surface area contributed by atoms with Crippen molar-refractivity contribution < 1.29 is 19.1 Å². The topological polar surface area (TPSA) is 83.6 Å². The second-order valence-corrected chi connectivity index (χ2v) is 7.19. The number of carboxylic acids is 1. The van der Waals surface area contributed by atoms with E-state index in [1.165, 1.54) is 4.90 Å². The first-order chi connectivity index (χ1) is 14.1. The normalized spacial score (nSPS) is 15.7. The zero-order valence-corrected chi connectivity index (χ0v) is 16.0. The Hall–Kier alpha value is -3.41. The lowest BCUT2D eigenvalue weighted by molar-refractivity contribution is -0.151. The molecule has 0 saturated carbocycles. The molecule has 1 unspecified atom stereocenters. The first kappa shape index (κ1) is 18.9. The van der Waals surface area contributed by atoms with Crippen LogP contribution in [0.3, 0.4) is 0 Å². The molecule has 6 heteroatoms. The second-order valence-electron chi connectivity index (χ2n) is 7.19. The van der Waals surface area contributed by atoms with E-state index in [0.717, 1.165) is 16.7 Å². The van der Waals surface area contributed by atoms with Gasteiger partial charge in [-0.2, -0.15) is 0 Å². The summed E-state index contributed by atoms with van der Waals surface area (Å²) in [5, 5.41) is 9.58. The van der Waals surface area contributed by atoms with Gasteiger partial charge in [-0.15, -0.1) is 0 Å². The van der Waals surface area contributed by atoms with Crippen molar-refractivity contribution in [2.45, 2.75) is 38.3 Å². The van der Waals surface area contributed by atoms with E-state index < -0.39 is 12.0 Å². The van der Waals surface area contributed by atoms with Crippen LogP contribution < -0.4 is 0 Å². The molecule has 0 bridgehead atoms. The standard InChI is InChI=1S/C23H22N2O4/c26-22(25-15-18-10-5-4-9-17(18)13-19(25)23(27)28)12-6-11-21-24-14-20(29-21)16-7-2-1-3-8-16/h1-5,7-10,14,19H,6,11-13,15H2,(H,27,28). The van der Waals surface area contributed by atoms with Crippen LogP contribution >= 0.6 is 0 Å². The molecule has 0 radical (unpaired) electrons. The highest BCUT2D eigenvalue weighted by Gasteiger charge is 2.34. The Labute approximate surface area is 168 Å². The number of aryl methyl sites for hydroxylation is 1. The Morgan fingerprint density at radius 1 is 1.07 bits per heavy atom. The first-order valence-corrected chi connectivity index (χ1v) is 9.71. The van der Waals surface area contributed by atoms with Gasteiger partial charge in [0.1, 0.15) is 6.04 Å². The minimum atomic E-state index is -0.965. The van der Waals surface area contributed by atoms with E-state index in [1.807, 2.05) is 54.6 Å². The van der Waals surface area contributed by atoms with Crippen LogP contribution in [0.25, 0.3) is 11.3 Å². The number of amides is 1. The Kier molecular flexibility index (Phi) is 5.42. The van der Waals surface area contributed by atoms with Crippen molar-refractivity contribution in [2.75, 3.05) is 0 Å². The number of aromatic nitrogens is 1. The molecule has 0 spiro atoms. The molecule has 1 atom stereocenters. The van der Waals surface area contributed by atoms with Crippen LogP contribution in [0.1, 0.15) is 29.9 Å². The van der Waals surface area contributed by atoms with E-state index in [-0.39, 0.29) is 12.3 Å². The maximum absolute atomic E-state index is 12.8. The number of carbonyl (C=O) groups is 2. The lowest BCUT2D eigenvalue weighted by Gasteiger charge is -2.34. The average Bonchev–Trinajstić information content (AvgIpc) is 3.22. The van der Waals surface area contributed by atoms with Gasteiger partial charge in [-0.1, -0.05) is 54.6 Å². The van der Waals surface area contributed by atoms with Crippen LogP contribution in [0, 0.1) is 0 Å². The lowest BCUT2D eigenvalue weighted by atomic mass is 9.93. The first-order valence-electron chi connectivity index (χ1n) is 9.71. The van der Waals surface area contributed by atoms with Crippen LogP contribution in [0.4, 0.5) is 0 Å². The fourth-order valence-corrected chi connectivity index (χ4v) is 3.70. The third kappa shape index (κ3) is 4.21. The highest BCUT2D eigenvalue weighted by atomic mass is 16.4. The van der Waals surface area contributed by atoms with E-state index in [2.05, 4.69) is 4.98 Å². The van der Waals surface area contributed by atoms with Crippen molar-refractivity contribution >= 4 is 11.9 Å². The van der Waals surface area contributed by atoms with Gasteiger partial charge in [-0.25, -0.2) is 9.78 Å². The summed E-state index contributed by atoms with van der Waals surface area (Å²) in [6, 6.07) is 16.6. The third-order valence-electron chi connectivity index (χ3n) is 5.25. The Morgan fingerprint density at radius 2 is 1.79 bits per heavy atom. The highest BCUT2D eigenvalue weighted by molar-refractivity contribution is 5.84. The second kappa shape index (κ2) is 8.31. The lowest BCUT2D eigenvalue weighted by Crippen LogP contribution is -2.48. The molecule has 0 fully saturated rings. The quantitative estimate of drug-likeness (QED) is 0.694. The molecule has 29 heavy (non-hydrogen) atoms. The number of carbonyl (C=O) groups excluding carboxylic acids is 1. The Morgan fingerprint density at radius 3 is 2.55 bits per heavy atom. The molecule has 148 valence electrons. The molecule has 2 heterocycles. The number of benzene rings is 2. The minimum Gasteiger partial charge on any atom is -0.480 e. The van der Waals surface area contributed by atoms with Gasteiger partial charge < -0.3 is 14.4 Å². The van der Waals surface area contributed by atoms with E-state index in [4.69, 9.17) is 4.42 Å². The van der Waals surface area contributed by atoms with Gasteiger partial charge in [0, 0.05) is 31.4 Å². The monoisotopic (exact) mass is 390 g/mol. The Balaban J connectivity index is 1.37. The summed E-state index contributed by atoms with van der Waals surface area (Å²) in [4.78, 5) is 30.2. The zero-order chi connectivity index (χ0) is 20.2. The van der Waals surface area contributed by atoms with Crippen LogP contribution in [0.2, 0.25) is 0 Å². The van der Waals surface area contributed by atoms with E-state index in [9.17, 15) is 14.7 Å². The fourth-order valence-electron chi connectivity index (χ4n) is 3.70. The predicted molar refractivity (Wildman–Crippen MR) is 107 cm³/mol. The number of nitrogens with zero attached hydrogens (tertiary/aromatic N) is 2. The SMILES string of the molecule is O=C(O)C1Cc2ccccc2CN1C(=O)CCCc1ncc(-c2ccccc2)o1. The van der Waals surface area contributed by atoms with Crippen LogP contribution in [0.5, 0.6) is 0 Å². The highest BCUT2D eigenvalue weighted by Crippen LogP contribution is 2.25. The van der Waals surface area contributed by atoms with Crippen molar-refractivity contribution in [1.82, 2.24) is 9.88 Å². The molecule has 2 aromatic carbocycles. The van der Waals surface area contributed by atoms with Crippen molar-refractivity contribution in [3.05, 3.63) is 77.8 Å². The summed E-state index contributed by atoms with van der Waals surface area (Å²) >= 11 is 0. The van der Waals surface area contributed by atoms with Gasteiger partial charge in [0.2, 0.25) is 5.91 Å². The van der Waals surface area contributed by atoms with Gasteiger partial charge in [0.05, 0.1) is 6.20 Å². The number of aliphatic carboxylic acids is 1. The molecular formula is C23H22N2O4. The van der Waals surface area contributed by atoms with Crippen molar-refractivity contribution in [3.63, 3.8) is 0 Å². The van der Waals surface area contributed by atoms with E-state index >= 15 is 0 Å². The summed E-state index contributed by atoms with van der Waals surface area (Å²) in [5.74, 6) is 0.163. The summed E-state index contributed by atoms with van der Waals surface area (Å²) in [5.41, 5.74) is 2.97. The molecule has 6 nitrogen and oxygen atoms in total. The fraction of sp³-hybridized carbons (Fsp3) is 0.261. The van der Waals surface area contributed by atoms with Crippen LogP contribution in [-0.4, -0.2) is 32.9 Å². The molecule has 1 aliphatic heterocycles. The molecule has 4 rings (SSSR count). The minimum absolute atomic E-state index is 0.151. The van der Waals surface area contributed by atoms with Crippen molar-refractivity contribution in [1.29, 1.82) is 0 Å². The smallest absolute Gasteiger partial charge is 0.326 e. The summed E-state index contributed by atoms with van der Waals surface area (Å²) in [6.45, 7) is 0.336. The molecule has 1 N–H and O–H groups in total. The molecule has 1 amide bonds. The Bertz CT molecular complexity index is 1010. The van der Waals surface area contributed by atoms with Crippen molar-refractivity contribution in [3.8, 4) is 11.3 Å². The molecule has 0 saturated heterocycles. The summed E-state index contributed by atoms with van der Waals surface area (Å²) in [6.07, 6.45) is 3.37. The van der Waals surface area contributed by atoms with Gasteiger partial charge in [-0.3, -0.25) is 4.79 Å². The van der Waals surface area contributed by atoms with Crippen LogP contribution in [-0.2, 0) is 29.0 Å². The number of hydrogen-bond donors (Lipinski definition) is 1. The number of rotatable bonds is 6. The summed E-state index contributed by atoms with van der Waals surface area (Å²) in [7, 11) is 0. The predicted octanol–water partition coefficient (Wildman–Crippen LogP) is 3.70. The number of carboxylic acid groups (broad SMARTS) is 1. The summed E-state index contributed by atoms with van der Waals surface area (Å²) < 4.78 is 5.77. The van der Waals surface area contributed by atoms with Crippen LogP contribution in [0.15, 0.2) is 65.2 Å². The third-order valence-corrected chi connectivity index (χ3v) is 5.25. The number of hydrogen-bond acceptors (Lipinski definition) is 4. The van der Waals surface area contributed by atoms with Gasteiger partial charge >= 0.3 is 5.97 Å². The van der Waals surface area contributed by atoms with Gasteiger partial charge in [0.25, 0.3) is 0 Å². The molecule has 1 aromatic heterocycles. The van der Waals surface area contributed by atoms with Gasteiger partial charge in [-0.05, 0) is 17.5 Å².